The van der Waals surface area contributed by atoms with Crippen LogP contribution in [0.1, 0.15) is 0 Å². The van der Waals surface area contributed by atoms with E-state index >= 15 is 0 Å². The Labute approximate surface area is 59.8 Å². The molecule has 5 heteroatoms. The van der Waals surface area contributed by atoms with Gasteiger partial charge in [-0.2, -0.15) is 0 Å². The average molecular weight is 151 g/mol. The first-order valence-electron chi connectivity index (χ1n) is 2.10. The minimum absolute atomic E-state index is 0.468. The fraction of sp³-hybridized carbons (Fsp3) is 0.667. The summed E-state index contributed by atoms with van der Waals surface area (Å²) in [7, 11) is 3.50. The van der Waals surface area contributed by atoms with E-state index < -0.39 is 0 Å². The largest absolute Gasteiger partial charge is 0.225 e. The van der Waals surface area contributed by atoms with Crippen molar-refractivity contribution in [3.63, 3.8) is 0 Å². The summed E-state index contributed by atoms with van der Waals surface area (Å²) in [4.78, 5) is 0. The second-order valence-electron chi connectivity index (χ2n) is 1.07. The van der Waals surface area contributed by atoms with Gasteiger partial charge in [0.1, 0.15) is 0 Å². The van der Waals surface area contributed by atoms with Gasteiger partial charge in [0.25, 0.3) is 0 Å². The van der Waals surface area contributed by atoms with Gasteiger partial charge >= 0.3 is 0 Å². The molecule has 0 spiro atoms. The topological polar surface area (TPSA) is 27.3 Å². The molecule has 0 saturated carbocycles. The Morgan fingerprint density at radius 2 is 1.88 bits per heavy atom. The smallest absolute Gasteiger partial charge is 0.163 e. The van der Waals surface area contributed by atoms with Crippen molar-refractivity contribution < 1.29 is 0 Å². The summed E-state index contributed by atoms with van der Waals surface area (Å²) in [6.45, 7) is 0. The van der Waals surface area contributed by atoms with E-state index in [2.05, 4.69) is 35.7 Å². The van der Waals surface area contributed by atoms with Crippen molar-refractivity contribution >= 4 is 29.2 Å². The molecule has 0 aliphatic carbocycles. The zero-order valence-corrected chi connectivity index (χ0v) is 6.51. The standard InChI is InChI=1S/C3H9N3S2/c1-4-6(5-2)3(7)8/h4-5H,1-2H3,(H,7,8). The zero-order valence-electron chi connectivity index (χ0n) is 4.80. The lowest BCUT2D eigenvalue weighted by molar-refractivity contribution is 0.278. The van der Waals surface area contributed by atoms with Gasteiger partial charge in [0, 0.05) is 14.1 Å². The van der Waals surface area contributed by atoms with E-state index in [9.17, 15) is 0 Å². The molecule has 0 rings (SSSR count). The Morgan fingerprint density at radius 3 is 1.88 bits per heavy atom. The molecule has 48 valence electrons. The van der Waals surface area contributed by atoms with Crippen LogP contribution >= 0.6 is 24.8 Å². The maximum Gasteiger partial charge on any atom is 0.163 e. The first kappa shape index (κ1) is 8.16. The molecule has 0 saturated heterocycles. The third-order valence-corrected chi connectivity index (χ3v) is 1.02. The maximum atomic E-state index is 4.68. The highest BCUT2D eigenvalue weighted by molar-refractivity contribution is 8.10. The van der Waals surface area contributed by atoms with Crippen LogP contribution in [-0.2, 0) is 0 Å². The third-order valence-electron chi connectivity index (χ3n) is 0.639. The normalized spacial score (nSPS) is 8.88. The summed E-state index contributed by atoms with van der Waals surface area (Å²) in [5, 5.41) is 1.51. The van der Waals surface area contributed by atoms with E-state index in [4.69, 9.17) is 0 Å². The molecular formula is C3H9N3S2. The third kappa shape index (κ3) is 2.46. The molecule has 0 heterocycles. The molecule has 2 N–H and O–H groups in total. The predicted molar refractivity (Wildman–Crippen MR) is 41.5 cm³/mol. The van der Waals surface area contributed by atoms with Gasteiger partial charge in [-0.3, -0.25) is 0 Å². The zero-order chi connectivity index (χ0) is 6.57. The summed E-state index contributed by atoms with van der Waals surface area (Å²) in [6, 6.07) is 0. The van der Waals surface area contributed by atoms with E-state index in [1.54, 1.807) is 14.1 Å². The van der Waals surface area contributed by atoms with Crippen LogP contribution in [0, 0.1) is 0 Å². The number of nitrogens with one attached hydrogen (secondary N) is 2. The van der Waals surface area contributed by atoms with E-state index in [0.29, 0.717) is 4.32 Å². The Kier molecular flexibility index (Phi) is 4.16. The molecule has 0 bridgehead atoms. The highest BCUT2D eigenvalue weighted by Gasteiger charge is 1.95. The first-order valence-corrected chi connectivity index (χ1v) is 2.95. The van der Waals surface area contributed by atoms with Gasteiger partial charge in [-0.25, -0.2) is 16.0 Å². The molecule has 3 nitrogen and oxygen atoms in total. The van der Waals surface area contributed by atoms with Crippen LogP contribution in [0.15, 0.2) is 0 Å². The number of hydrazine groups is 2. The molecular weight excluding hydrogens is 142 g/mol. The fourth-order valence-corrected chi connectivity index (χ4v) is 0.686. The monoisotopic (exact) mass is 151 g/mol. The van der Waals surface area contributed by atoms with Gasteiger partial charge in [-0.15, -0.1) is 12.6 Å². The van der Waals surface area contributed by atoms with Gasteiger partial charge in [0.15, 0.2) is 4.32 Å². The molecule has 0 aromatic carbocycles. The van der Waals surface area contributed by atoms with E-state index in [1.165, 1.54) is 5.12 Å². The second-order valence-corrected chi connectivity index (χ2v) is 2.18. The number of hydrogen-bond donors (Lipinski definition) is 3. The molecule has 0 unspecified atom stereocenters. The molecule has 8 heavy (non-hydrogen) atoms. The van der Waals surface area contributed by atoms with E-state index in [-0.39, 0.29) is 0 Å². The number of thiol groups is 1. The lowest BCUT2D eigenvalue weighted by atomic mass is 11.2. The van der Waals surface area contributed by atoms with Gasteiger partial charge in [0.2, 0.25) is 0 Å². The lowest BCUT2D eigenvalue weighted by Crippen LogP contribution is -2.45. The van der Waals surface area contributed by atoms with Crippen molar-refractivity contribution in [2.75, 3.05) is 14.1 Å². The summed E-state index contributed by atoms with van der Waals surface area (Å²) >= 11 is 8.57. The van der Waals surface area contributed by atoms with Gasteiger partial charge in [0.05, 0.1) is 0 Å². The van der Waals surface area contributed by atoms with Gasteiger partial charge in [-0.1, -0.05) is 0 Å². The van der Waals surface area contributed by atoms with E-state index in [1.807, 2.05) is 0 Å². The van der Waals surface area contributed by atoms with E-state index in [0.717, 1.165) is 0 Å². The van der Waals surface area contributed by atoms with Gasteiger partial charge in [-0.05, 0) is 12.2 Å². The van der Waals surface area contributed by atoms with Crippen LogP contribution < -0.4 is 10.9 Å². The molecule has 0 aromatic rings. The maximum absolute atomic E-state index is 4.68. The molecule has 0 aliphatic rings. The quantitative estimate of drug-likeness (QED) is 0.289. The van der Waals surface area contributed by atoms with Crippen molar-refractivity contribution in [3.8, 4) is 0 Å². The van der Waals surface area contributed by atoms with Crippen molar-refractivity contribution in [3.05, 3.63) is 0 Å². The second kappa shape index (κ2) is 4.08. The minimum atomic E-state index is 0.468. The summed E-state index contributed by atoms with van der Waals surface area (Å²) in [5.41, 5.74) is 5.51. The molecule has 0 aromatic heterocycles. The SMILES string of the molecule is CNN(NC)C(=S)S. The molecule has 0 amide bonds. The van der Waals surface area contributed by atoms with Crippen LogP contribution in [0.3, 0.4) is 0 Å². The average Bonchev–Trinajstić information content (AvgIpc) is 1.69. The summed E-state index contributed by atoms with van der Waals surface area (Å²) < 4.78 is 0.468. The van der Waals surface area contributed by atoms with Crippen molar-refractivity contribution in [1.82, 2.24) is 16.0 Å². The number of nitrogens with zero attached hydrogens (tertiary/aromatic N) is 1. The Balaban J connectivity index is 3.52. The summed E-state index contributed by atoms with van der Waals surface area (Å²) in [6.07, 6.45) is 0. The first-order chi connectivity index (χ1) is 3.72. The molecule has 0 radical (unpaired) electrons. The Hall–Kier alpha value is 0.160. The highest BCUT2D eigenvalue weighted by atomic mass is 32.1. The molecule has 0 fully saturated rings. The van der Waals surface area contributed by atoms with Gasteiger partial charge < -0.3 is 0 Å². The highest BCUT2D eigenvalue weighted by Crippen LogP contribution is 1.84. The number of thiocarbonyl (C=S) groups is 1. The fourth-order valence-electron chi connectivity index (χ4n) is 0.303. The van der Waals surface area contributed by atoms with Crippen molar-refractivity contribution in [2.24, 2.45) is 0 Å². The minimum Gasteiger partial charge on any atom is -0.225 e. The molecule has 0 atom stereocenters. The number of rotatable bonds is 2. The van der Waals surface area contributed by atoms with Crippen LogP contribution in [0.5, 0.6) is 0 Å². The lowest BCUT2D eigenvalue weighted by Gasteiger charge is -2.18. The Morgan fingerprint density at radius 1 is 1.50 bits per heavy atom. The van der Waals surface area contributed by atoms with Crippen molar-refractivity contribution in [1.29, 1.82) is 0 Å². The predicted octanol–water partition coefficient (Wildman–Crippen LogP) is -0.228. The molecule has 0 aliphatic heterocycles. The van der Waals surface area contributed by atoms with Crippen LogP contribution in [0.2, 0.25) is 0 Å². The van der Waals surface area contributed by atoms with Crippen molar-refractivity contribution in [2.45, 2.75) is 0 Å². The Bertz CT molecular complexity index is 80.6. The summed E-state index contributed by atoms with van der Waals surface area (Å²) in [5.74, 6) is 0. The van der Waals surface area contributed by atoms with Crippen LogP contribution in [-0.4, -0.2) is 23.5 Å². The number of hydrogen-bond acceptors (Lipinski definition) is 3. The van der Waals surface area contributed by atoms with Crippen LogP contribution in [0.4, 0.5) is 0 Å². The van der Waals surface area contributed by atoms with Crippen LogP contribution in [0.25, 0.3) is 0 Å².